The first kappa shape index (κ1) is 14.9. The largest absolute Gasteiger partial charge is 0.542 e. The van der Waals surface area contributed by atoms with Crippen LogP contribution in [0.25, 0.3) is 0 Å². The van der Waals surface area contributed by atoms with Gasteiger partial charge in [0.15, 0.2) is 5.75 Å². The van der Waals surface area contributed by atoms with E-state index in [0.717, 1.165) is 5.56 Å². The first-order valence-electron chi connectivity index (χ1n) is 5.75. The Morgan fingerprint density at radius 2 is 1.89 bits per heavy atom. The minimum atomic E-state index is -2.51. The molecule has 1 rings (SSSR count). The molecule has 18 heavy (non-hydrogen) atoms. The molecule has 0 unspecified atom stereocenters. The summed E-state index contributed by atoms with van der Waals surface area (Å²) in [6, 6.07) is 5.18. The van der Waals surface area contributed by atoms with E-state index in [4.69, 9.17) is 14.9 Å². The second-order valence-electron chi connectivity index (χ2n) is 4.90. The highest BCUT2D eigenvalue weighted by Crippen LogP contribution is 2.30. The summed E-state index contributed by atoms with van der Waals surface area (Å²) in [5, 5.41) is 0. The highest BCUT2D eigenvalue weighted by molar-refractivity contribution is 6.70. The molecule has 3 nitrogen and oxygen atoms in total. The molecule has 0 aliphatic heterocycles. The lowest BCUT2D eigenvalue weighted by molar-refractivity contribution is 0.0809. The predicted molar refractivity (Wildman–Crippen MR) is 69.8 cm³/mol. The third-order valence-electron chi connectivity index (χ3n) is 2.02. The van der Waals surface area contributed by atoms with Gasteiger partial charge >= 0.3 is 0 Å². The molecule has 0 atom stereocenters. The molecule has 102 valence electrons. The Labute approximate surface area is 107 Å². The van der Waals surface area contributed by atoms with Gasteiger partial charge in [-0.05, 0) is 37.3 Å². The van der Waals surface area contributed by atoms with Crippen LogP contribution in [0, 0.1) is 0 Å². The Kier molecular flexibility index (Phi) is 5.10. The van der Waals surface area contributed by atoms with Gasteiger partial charge in [-0.2, -0.15) is 0 Å². The van der Waals surface area contributed by atoms with Crippen molar-refractivity contribution in [1.29, 1.82) is 0 Å². The summed E-state index contributed by atoms with van der Waals surface area (Å²) in [6.45, 7) is 5.73. The molecule has 0 saturated carbocycles. The molecule has 0 fully saturated rings. The van der Waals surface area contributed by atoms with Crippen LogP contribution in [-0.4, -0.2) is 21.3 Å². The number of hydrogen-bond acceptors (Lipinski definition) is 3. The third-order valence-corrected chi connectivity index (χ3v) is 2.86. The summed E-state index contributed by atoms with van der Waals surface area (Å²) >= 11 is 0. The number of benzene rings is 1. The van der Waals surface area contributed by atoms with E-state index in [2.05, 4.69) is 0 Å². The molecule has 0 bridgehead atoms. The third kappa shape index (κ3) is 5.01. The molecule has 0 aliphatic rings. The Balaban J connectivity index is 2.93. The Morgan fingerprint density at radius 3 is 2.39 bits per heavy atom. The van der Waals surface area contributed by atoms with E-state index in [0.29, 0.717) is 18.0 Å². The first-order chi connectivity index (χ1) is 8.31. The van der Waals surface area contributed by atoms with E-state index in [1.807, 2.05) is 25.7 Å². The molecule has 0 spiro atoms. The summed E-state index contributed by atoms with van der Waals surface area (Å²) in [4.78, 5) is 0. The van der Waals surface area contributed by atoms with Gasteiger partial charge < -0.3 is 14.9 Å². The highest BCUT2D eigenvalue weighted by atomic mass is 28.4. The summed E-state index contributed by atoms with van der Waals surface area (Å²) in [5.74, 6) is 0.840. The van der Waals surface area contributed by atoms with Gasteiger partial charge in [0, 0.05) is 6.54 Å². The molecule has 0 aromatic heterocycles. The van der Waals surface area contributed by atoms with Crippen molar-refractivity contribution in [2.75, 3.05) is 6.61 Å². The monoisotopic (exact) mass is 275 g/mol. The lowest BCUT2D eigenvalue weighted by atomic mass is 10.2. The van der Waals surface area contributed by atoms with Crippen molar-refractivity contribution < 1.29 is 17.9 Å². The van der Waals surface area contributed by atoms with Gasteiger partial charge in [-0.15, -0.1) is 0 Å². The molecule has 0 radical (unpaired) electrons. The van der Waals surface area contributed by atoms with Crippen molar-refractivity contribution in [3.05, 3.63) is 23.8 Å². The maximum Gasteiger partial charge on any atom is 0.272 e. The van der Waals surface area contributed by atoms with Gasteiger partial charge in [-0.1, -0.05) is 6.07 Å². The van der Waals surface area contributed by atoms with Crippen LogP contribution in [-0.2, 0) is 6.54 Å². The minimum Gasteiger partial charge on any atom is -0.542 e. The normalized spacial score (nSPS) is 11.7. The molecule has 0 aliphatic carbocycles. The fourth-order valence-corrected chi connectivity index (χ4v) is 2.19. The highest BCUT2D eigenvalue weighted by Gasteiger charge is 2.19. The molecule has 0 heterocycles. The number of halogens is 2. The van der Waals surface area contributed by atoms with Crippen LogP contribution in [0.15, 0.2) is 18.2 Å². The standard InChI is InChI=1S/C12H19F2NO2Si/c1-18(2,3)17-10-5-4-9(7-15)6-11(10)16-8-12(13)14/h4-6,12H,7-8,15H2,1-3H3. The number of alkyl halides is 2. The van der Waals surface area contributed by atoms with E-state index >= 15 is 0 Å². The molecule has 0 amide bonds. The number of hydrogen-bond donors (Lipinski definition) is 1. The smallest absolute Gasteiger partial charge is 0.272 e. The maximum atomic E-state index is 12.2. The van der Waals surface area contributed by atoms with Crippen LogP contribution < -0.4 is 14.9 Å². The van der Waals surface area contributed by atoms with Crippen molar-refractivity contribution in [1.82, 2.24) is 0 Å². The van der Waals surface area contributed by atoms with E-state index < -0.39 is 21.3 Å². The number of ether oxygens (including phenoxy) is 1. The first-order valence-corrected chi connectivity index (χ1v) is 9.15. The summed E-state index contributed by atoms with van der Waals surface area (Å²) in [6.07, 6.45) is -2.51. The Bertz CT molecular complexity index is 394. The van der Waals surface area contributed by atoms with Crippen LogP contribution in [0.4, 0.5) is 8.78 Å². The van der Waals surface area contributed by atoms with Crippen molar-refractivity contribution in [3.63, 3.8) is 0 Å². The van der Waals surface area contributed by atoms with E-state index in [9.17, 15) is 8.78 Å². The molecule has 6 heteroatoms. The second kappa shape index (κ2) is 6.15. The van der Waals surface area contributed by atoms with Crippen LogP contribution in [0.2, 0.25) is 19.6 Å². The Hall–Kier alpha value is -1.14. The van der Waals surface area contributed by atoms with Gasteiger partial charge in [0.25, 0.3) is 6.43 Å². The molecule has 1 aromatic carbocycles. The average Bonchev–Trinajstić information content (AvgIpc) is 2.25. The van der Waals surface area contributed by atoms with Gasteiger partial charge in [0.2, 0.25) is 8.32 Å². The molecule has 1 aromatic rings. The topological polar surface area (TPSA) is 44.5 Å². The van der Waals surface area contributed by atoms with Crippen molar-refractivity contribution in [3.8, 4) is 11.5 Å². The molecule has 0 saturated heterocycles. The van der Waals surface area contributed by atoms with Crippen LogP contribution in [0.3, 0.4) is 0 Å². The summed E-state index contributed by atoms with van der Waals surface area (Å²) in [5.41, 5.74) is 6.34. The molecule has 2 N–H and O–H groups in total. The SMILES string of the molecule is C[Si](C)(C)Oc1ccc(CN)cc1OCC(F)F. The fourth-order valence-electron chi connectivity index (χ4n) is 1.36. The van der Waals surface area contributed by atoms with Crippen LogP contribution in [0.5, 0.6) is 11.5 Å². The molecular formula is C12H19F2NO2Si. The van der Waals surface area contributed by atoms with Gasteiger partial charge in [0.05, 0.1) is 0 Å². The lowest BCUT2D eigenvalue weighted by Gasteiger charge is -2.22. The van der Waals surface area contributed by atoms with Crippen molar-refractivity contribution in [2.45, 2.75) is 32.6 Å². The van der Waals surface area contributed by atoms with Gasteiger partial charge in [-0.3, -0.25) is 0 Å². The average molecular weight is 275 g/mol. The van der Waals surface area contributed by atoms with E-state index in [1.165, 1.54) is 0 Å². The zero-order chi connectivity index (χ0) is 13.8. The summed E-state index contributed by atoms with van der Waals surface area (Å²) < 4.78 is 35.3. The number of rotatable bonds is 6. The predicted octanol–water partition coefficient (Wildman–Crippen LogP) is 3.00. The maximum absolute atomic E-state index is 12.2. The van der Waals surface area contributed by atoms with E-state index in [1.54, 1.807) is 12.1 Å². The number of nitrogens with two attached hydrogens (primary N) is 1. The zero-order valence-corrected chi connectivity index (χ0v) is 11.9. The van der Waals surface area contributed by atoms with Gasteiger partial charge in [-0.25, -0.2) is 8.78 Å². The van der Waals surface area contributed by atoms with E-state index in [-0.39, 0.29) is 0 Å². The van der Waals surface area contributed by atoms with Crippen LogP contribution in [0.1, 0.15) is 5.56 Å². The quantitative estimate of drug-likeness (QED) is 0.812. The summed E-state index contributed by atoms with van der Waals surface area (Å²) in [7, 11) is -1.81. The fraction of sp³-hybridized carbons (Fsp3) is 0.500. The lowest BCUT2D eigenvalue weighted by Crippen LogP contribution is -2.29. The second-order valence-corrected chi connectivity index (χ2v) is 9.33. The minimum absolute atomic E-state index is 0.332. The van der Waals surface area contributed by atoms with Crippen molar-refractivity contribution >= 4 is 8.32 Å². The van der Waals surface area contributed by atoms with Crippen LogP contribution >= 0.6 is 0 Å². The van der Waals surface area contributed by atoms with Gasteiger partial charge in [0.1, 0.15) is 12.4 Å². The molecular weight excluding hydrogens is 256 g/mol. The van der Waals surface area contributed by atoms with Crippen molar-refractivity contribution in [2.24, 2.45) is 5.73 Å². The Morgan fingerprint density at radius 1 is 1.22 bits per heavy atom. The zero-order valence-electron chi connectivity index (χ0n) is 10.9.